The summed E-state index contributed by atoms with van der Waals surface area (Å²) in [7, 11) is 0. The van der Waals surface area contributed by atoms with E-state index in [1.807, 2.05) is 12.1 Å². The van der Waals surface area contributed by atoms with Gasteiger partial charge < -0.3 is 10.1 Å². The summed E-state index contributed by atoms with van der Waals surface area (Å²) in [6.45, 7) is 1.68. The normalized spacial score (nSPS) is 15.1. The maximum Gasteiger partial charge on any atom is 0.279 e. The topological polar surface area (TPSA) is 62.4 Å². The minimum absolute atomic E-state index is 0.287. The summed E-state index contributed by atoms with van der Waals surface area (Å²) in [5.74, 6) is 0.339. The van der Waals surface area contributed by atoms with Gasteiger partial charge in [0.05, 0.1) is 0 Å². The van der Waals surface area contributed by atoms with Gasteiger partial charge >= 0.3 is 0 Å². The summed E-state index contributed by atoms with van der Waals surface area (Å²) in [5.41, 5.74) is 5.18. The van der Waals surface area contributed by atoms with E-state index in [1.165, 1.54) is 0 Å². The van der Waals surface area contributed by atoms with Gasteiger partial charge in [-0.2, -0.15) is 0 Å². The number of hydrogen-bond acceptors (Lipinski definition) is 3. The number of carbonyl (C=O) groups is 1. The van der Waals surface area contributed by atoms with E-state index in [0.29, 0.717) is 16.9 Å². The Morgan fingerprint density at radius 3 is 2.85 bits per heavy atom. The zero-order chi connectivity index (χ0) is 14.5. The predicted octanol–water partition coefficient (Wildman–Crippen LogP) is 1.87. The second-order valence-electron chi connectivity index (χ2n) is 4.58. The van der Waals surface area contributed by atoms with E-state index in [1.54, 1.807) is 19.1 Å². The van der Waals surface area contributed by atoms with Crippen LogP contribution in [-0.4, -0.2) is 23.2 Å². The number of benzene rings is 1. The van der Waals surface area contributed by atoms with E-state index in [-0.39, 0.29) is 5.91 Å². The largest absolute Gasteiger partial charge is 0.481 e. The highest BCUT2D eigenvalue weighted by Crippen LogP contribution is 2.19. The van der Waals surface area contributed by atoms with Crippen molar-refractivity contribution >= 4 is 39.2 Å². The van der Waals surface area contributed by atoms with E-state index in [9.17, 15) is 4.79 Å². The SMILES string of the molecule is C[C@H](Oc1cccc(Br)c1)C(=O)NNC(=S)NC1CC1. The second-order valence-corrected chi connectivity index (χ2v) is 5.90. The first-order chi connectivity index (χ1) is 9.54. The standard InChI is InChI=1S/C13H16BrN3O2S/c1-8(19-11-4-2-3-9(14)7-11)12(18)16-17-13(20)15-10-5-6-10/h2-4,7-8,10H,5-6H2,1H3,(H,16,18)(H2,15,17,20)/t8-/m0/s1. The molecule has 0 heterocycles. The van der Waals surface area contributed by atoms with Crippen LogP contribution in [0, 0.1) is 0 Å². The number of halogens is 1. The number of carbonyl (C=O) groups excluding carboxylic acids is 1. The van der Waals surface area contributed by atoms with Gasteiger partial charge in [0.1, 0.15) is 5.75 Å². The molecule has 0 aliphatic heterocycles. The number of rotatable bonds is 4. The lowest BCUT2D eigenvalue weighted by Crippen LogP contribution is -2.50. The van der Waals surface area contributed by atoms with E-state index in [2.05, 4.69) is 32.1 Å². The highest BCUT2D eigenvalue weighted by molar-refractivity contribution is 9.10. The van der Waals surface area contributed by atoms with Crippen molar-refractivity contribution in [1.82, 2.24) is 16.2 Å². The Morgan fingerprint density at radius 1 is 1.45 bits per heavy atom. The fraction of sp³-hybridized carbons (Fsp3) is 0.385. The molecule has 5 nitrogen and oxygen atoms in total. The summed E-state index contributed by atoms with van der Waals surface area (Å²) >= 11 is 8.39. The van der Waals surface area contributed by atoms with Gasteiger partial charge in [0, 0.05) is 10.5 Å². The highest BCUT2D eigenvalue weighted by Gasteiger charge is 2.22. The Balaban J connectivity index is 1.74. The van der Waals surface area contributed by atoms with E-state index >= 15 is 0 Å². The Morgan fingerprint density at radius 2 is 2.20 bits per heavy atom. The molecule has 0 radical (unpaired) electrons. The smallest absolute Gasteiger partial charge is 0.279 e. The number of hydrogen-bond donors (Lipinski definition) is 3. The molecule has 20 heavy (non-hydrogen) atoms. The zero-order valence-corrected chi connectivity index (χ0v) is 13.4. The molecule has 0 spiro atoms. The van der Waals surface area contributed by atoms with E-state index < -0.39 is 6.10 Å². The van der Waals surface area contributed by atoms with Crippen LogP contribution in [0.5, 0.6) is 5.75 Å². The molecule has 1 aromatic rings. The summed E-state index contributed by atoms with van der Waals surface area (Å²) in [5, 5.41) is 3.49. The van der Waals surface area contributed by atoms with Crippen LogP contribution < -0.4 is 20.9 Å². The third-order valence-electron chi connectivity index (χ3n) is 2.69. The average molecular weight is 358 g/mol. The van der Waals surface area contributed by atoms with Crippen LogP contribution in [0.2, 0.25) is 0 Å². The Labute approximate surface area is 131 Å². The molecule has 0 unspecified atom stereocenters. The molecule has 3 N–H and O–H groups in total. The number of ether oxygens (including phenoxy) is 1. The maximum absolute atomic E-state index is 11.8. The molecule has 0 aromatic heterocycles. The molecule has 1 aliphatic carbocycles. The van der Waals surface area contributed by atoms with Crippen LogP contribution in [0.25, 0.3) is 0 Å². The van der Waals surface area contributed by atoms with E-state index in [4.69, 9.17) is 17.0 Å². The zero-order valence-electron chi connectivity index (χ0n) is 11.0. The number of nitrogens with one attached hydrogen (secondary N) is 3. The number of thiocarbonyl (C=S) groups is 1. The second kappa shape index (κ2) is 6.90. The van der Waals surface area contributed by atoms with Crippen LogP contribution in [0.1, 0.15) is 19.8 Å². The molecule has 2 rings (SSSR count). The van der Waals surface area contributed by atoms with Crippen LogP contribution in [0.15, 0.2) is 28.7 Å². The van der Waals surface area contributed by atoms with Crippen molar-refractivity contribution in [3.8, 4) is 5.75 Å². The van der Waals surface area contributed by atoms with Gasteiger partial charge in [-0.25, -0.2) is 0 Å². The van der Waals surface area contributed by atoms with Gasteiger partial charge in [0.25, 0.3) is 5.91 Å². The lowest BCUT2D eigenvalue weighted by atomic mass is 10.3. The molecule has 1 atom stereocenters. The first-order valence-corrected chi connectivity index (χ1v) is 7.53. The summed E-state index contributed by atoms with van der Waals surface area (Å²) in [6, 6.07) is 7.78. The van der Waals surface area contributed by atoms with Crippen molar-refractivity contribution in [3.63, 3.8) is 0 Å². The van der Waals surface area contributed by atoms with Crippen molar-refractivity contribution in [2.45, 2.75) is 31.9 Å². The van der Waals surface area contributed by atoms with Gasteiger partial charge in [-0.15, -0.1) is 0 Å². The molecular weight excluding hydrogens is 342 g/mol. The first kappa shape index (κ1) is 15.1. The molecule has 108 valence electrons. The minimum atomic E-state index is -0.625. The minimum Gasteiger partial charge on any atom is -0.481 e. The van der Waals surface area contributed by atoms with Crippen molar-refractivity contribution in [2.24, 2.45) is 0 Å². The monoisotopic (exact) mass is 357 g/mol. The first-order valence-electron chi connectivity index (χ1n) is 6.33. The fourth-order valence-electron chi connectivity index (χ4n) is 1.47. The molecule has 1 aliphatic rings. The Kier molecular flexibility index (Phi) is 5.19. The third kappa shape index (κ3) is 4.97. The van der Waals surface area contributed by atoms with Gasteiger partial charge in [-0.1, -0.05) is 22.0 Å². The Bertz CT molecular complexity index is 508. The number of hydrazine groups is 1. The summed E-state index contributed by atoms with van der Waals surface area (Å²) in [4.78, 5) is 11.8. The summed E-state index contributed by atoms with van der Waals surface area (Å²) in [6.07, 6.45) is 1.62. The molecule has 1 saturated carbocycles. The lowest BCUT2D eigenvalue weighted by Gasteiger charge is -2.16. The number of amides is 1. The van der Waals surface area contributed by atoms with Crippen molar-refractivity contribution in [3.05, 3.63) is 28.7 Å². The van der Waals surface area contributed by atoms with Crippen LogP contribution in [-0.2, 0) is 4.79 Å². The van der Waals surface area contributed by atoms with Gasteiger partial charge in [-0.05, 0) is 50.2 Å². The van der Waals surface area contributed by atoms with Crippen LogP contribution in [0.4, 0.5) is 0 Å². The Hall–Kier alpha value is -1.34. The molecular formula is C13H16BrN3O2S. The third-order valence-corrected chi connectivity index (χ3v) is 3.40. The average Bonchev–Trinajstić information content (AvgIpc) is 3.19. The van der Waals surface area contributed by atoms with Gasteiger partial charge in [-0.3, -0.25) is 15.6 Å². The quantitative estimate of drug-likeness (QED) is 0.567. The van der Waals surface area contributed by atoms with Crippen molar-refractivity contribution in [1.29, 1.82) is 0 Å². The highest BCUT2D eigenvalue weighted by atomic mass is 79.9. The van der Waals surface area contributed by atoms with Gasteiger partial charge in [0.15, 0.2) is 11.2 Å². The molecule has 1 fully saturated rings. The van der Waals surface area contributed by atoms with E-state index in [0.717, 1.165) is 17.3 Å². The van der Waals surface area contributed by atoms with Gasteiger partial charge in [0.2, 0.25) is 0 Å². The maximum atomic E-state index is 11.8. The lowest BCUT2D eigenvalue weighted by molar-refractivity contribution is -0.127. The molecule has 0 bridgehead atoms. The van der Waals surface area contributed by atoms with Crippen molar-refractivity contribution in [2.75, 3.05) is 0 Å². The molecule has 0 saturated heterocycles. The van der Waals surface area contributed by atoms with Crippen LogP contribution in [0.3, 0.4) is 0 Å². The molecule has 7 heteroatoms. The molecule has 1 amide bonds. The molecule has 1 aromatic carbocycles. The van der Waals surface area contributed by atoms with Crippen LogP contribution >= 0.6 is 28.1 Å². The summed E-state index contributed by atoms with van der Waals surface area (Å²) < 4.78 is 6.44. The fourth-order valence-corrected chi connectivity index (χ4v) is 2.06. The van der Waals surface area contributed by atoms with Crippen molar-refractivity contribution < 1.29 is 9.53 Å². The predicted molar refractivity (Wildman–Crippen MR) is 84.3 cm³/mol.